The Hall–Kier alpha value is -4.31. The van der Waals surface area contributed by atoms with Gasteiger partial charge in [0.2, 0.25) is 0 Å². The Balaban J connectivity index is 1.32. The van der Waals surface area contributed by atoms with E-state index in [0.29, 0.717) is 61.9 Å². The first kappa shape index (κ1) is 35.1. The van der Waals surface area contributed by atoms with E-state index < -0.39 is 5.97 Å². The van der Waals surface area contributed by atoms with Gasteiger partial charge in [-0.05, 0) is 132 Å². The van der Waals surface area contributed by atoms with Gasteiger partial charge in [-0.15, -0.1) is 0 Å². The van der Waals surface area contributed by atoms with E-state index in [2.05, 4.69) is 19.7 Å². The first-order valence-electron chi connectivity index (χ1n) is 17.7. The van der Waals surface area contributed by atoms with Crippen LogP contribution >= 0.6 is 23.2 Å². The predicted molar refractivity (Wildman–Crippen MR) is 203 cm³/mol. The van der Waals surface area contributed by atoms with Gasteiger partial charge in [-0.25, -0.2) is 4.79 Å². The van der Waals surface area contributed by atoms with E-state index in [1.54, 1.807) is 17.0 Å². The summed E-state index contributed by atoms with van der Waals surface area (Å²) < 4.78 is 8.34. The molecule has 0 aliphatic carbocycles. The summed E-state index contributed by atoms with van der Waals surface area (Å²) in [5.74, 6) is -0.394. The quantitative estimate of drug-likeness (QED) is 0.139. The molecular formula is C40H43Cl2N5O4. The second-order valence-electron chi connectivity index (χ2n) is 13.9. The van der Waals surface area contributed by atoms with E-state index in [-0.39, 0.29) is 11.5 Å². The number of halogens is 2. The number of hydrogen-bond donors (Lipinski definition) is 2. The number of carboxylic acid groups (broad SMARTS) is 1. The maximum absolute atomic E-state index is 15.0. The first-order valence-corrected chi connectivity index (χ1v) is 18.4. The number of carbonyl (C=O) groups is 2. The number of fused-ring (bicyclic) bond motifs is 3. The molecule has 2 aliphatic heterocycles. The fourth-order valence-electron chi connectivity index (χ4n) is 7.91. The number of likely N-dealkylation sites (tertiary alicyclic amines) is 1. The number of ether oxygens (including phenoxy) is 1. The Morgan fingerprint density at radius 1 is 0.941 bits per heavy atom. The Kier molecular flexibility index (Phi) is 9.89. The normalized spacial score (nSPS) is 15.1. The number of anilines is 1. The van der Waals surface area contributed by atoms with Crippen LogP contribution in [0.2, 0.25) is 10.0 Å². The third-order valence-electron chi connectivity index (χ3n) is 10.3. The number of rotatable bonds is 10. The molecule has 0 radical (unpaired) electrons. The van der Waals surface area contributed by atoms with Gasteiger partial charge in [-0.3, -0.25) is 14.8 Å². The van der Waals surface area contributed by atoms with Crippen LogP contribution in [0.1, 0.15) is 80.2 Å². The lowest BCUT2D eigenvalue weighted by Gasteiger charge is -2.23. The summed E-state index contributed by atoms with van der Waals surface area (Å²) in [5.41, 5.74) is 9.58. The number of H-pyrrole nitrogens is 1. The highest BCUT2D eigenvalue weighted by atomic mass is 35.5. The molecule has 5 aromatic rings. The molecule has 2 aromatic heterocycles. The van der Waals surface area contributed by atoms with Crippen LogP contribution in [-0.2, 0) is 19.5 Å². The van der Waals surface area contributed by atoms with Gasteiger partial charge in [0.1, 0.15) is 11.4 Å². The molecule has 0 spiro atoms. The van der Waals surface area contributed by atoms with Crippen molar-refractivity contribution < 1.29 is 19.4 Å². The van der Waals surface area contributed by atoms with Crippen molar-refractivity contribution in [2.24, 2.45) is 0 Å². The van der Waals surface area contributed by atoms with Gasteiger partial charge >= 0.3 is 5.97 Å². The monoisotopic (exact) mass is 727 g/mol. The Morgan fingerprint density at radius 2 is 1.69 bits per heavy atom. The molecule has 2 aliphatic rings. The summed E-state index contributed by atoms with van der Waals surface area (Å²) >= 11 is 13.4. The fraction of sp³-hybridized carbons (Fsp3) is 0.375. The minimum absolute atomic E-state index is 0.152. The van der Waals surface area contributed by atoms with Crippen LogP contribution in [0.5, 0.6) is 5.75 Å². The number of hydrogen-bond acceptors (Lipinski definition) is 5. The third kappa shape index (κ3) is 6.75. The fourth-order valence-corrected chi connectivity index (χ4v) is 8.26. The van der Waals surface area contributed by atoms with Crippen LogP contribution in [-0.4, -0.2) is 62.9 Å². The van der Waals surface area contributed by atoms with E-state index in [0.717, 1.165) is 92.4 Å². The average molecular weight is 729 g/mol. The number of aromatic nitrogens is 3. The summed E-state index contributed by atoms with van der Waals surface area (Å²) in [6, 6.07) is 13.2. The van der Waals surface area contributed by atoms with Crippen molar-refractivity contribution in [1.82, 2.24) is 19.7 Å². The number of aromatic amines is 1. The number of aromatic carboxylic acids is 1. The average Bonchev–Trinajstić information content (AvgIpc) is 3.78. The van der Waals surface area contributed by atoms with E-state index >= 15 is 0 Å². The molecule has 0 unspecified atom stereocenters. The van der Waals surface area contributed by atoms with Crippen LogP contribution in [0.4, 0.5) is 5.69 Å². The third-order valence-corrected chi connectivity index (χ3v) is 11.2. The van der Waals surface area contributed by atoms with Crippen LogP contribution < -0.4 is 9.64 Å². The second-order valence-corrected chi connectivity index (χ2v) is 14.7. The molecule has 51 heavy (non-hydrogen) atoms. The Bertz CT molecular complexity index is 2120. The first-order chi connectivity index (χ1) is 24.5. The molecule has 2 N–H and O–H groups in total. The lowest BCUT2D eigenvalue weighted by Crippen LogP contribution is -2.32. The van der Waals surface area contributed by atoms with Crippen LogP contribution in [0.15, 0.2) is 42.5 Å². The maximum Gasteiger partial charge on any atom is 0.335 e. The van der Waals surface area contributed by atoms with Crippen molar-refractivity contribution in [3.63, 3.8) is 0 Å². The zero-order valence-corrected chi connectivity index (χ0v) is 31.0. The molecular weight excluding hydrogens is 685 g/mol. The van der Waals surface area contributed by atoms with Gasteiger partial charge in [0, 0.05) is 52.6 Å². The molecule has 1 saturated heterocycles. The zero-order valence-electron chi connectivity index (χ0n) is 29.5. The molecule has 4 heterocycles. The van der Waals surface area contributed by atoms with E-state index in [9.17, 15) is 14.7 Å². The molecule has 0 atom stereocenters. The number of aryl methyl sites for hydroxylation is 6. The minimum Gasteiger partial charge on any atom is -0.494 e. The van der Waals surface area contributed by atoms with Crippen molar-refractivity contribution in [1.29, 1.82) is 0 Å². The topological polar surface area (TPSA) is 104 Å². The number of benzene rings is 3. The molecule has 7 rings (SSSR count). The van der Waals surface area contributed by atoms with Gasteiger partial charge in [0.05, 0.1) is 28.4 Å². The second kappa shape index (κ2) is 14.4. The summed E-state index contributed by atoms with van der Waals surface area (Å²) in [6.07, 6.45) is 4.20. The van der Waals surface area contributed by atoms with Gasteiger partial charge < -0.3 is 19.3 Å². The molecule has 0 saturated carbocycles. The molecule has 11 heteroatoms. The van der Waals surface area contributed by atoms with Crippen LogP contribution in [0.25, 0.3) is 22.0 Å². The number of nitrogens with zero attached hydrogens (tertiary/aromatic N) is 4. The van der Waals surface area contributed by atoms with Gasteiger partial charge in [-0.1, -0.05) is 29.3 Å². The zero-order chi connectivity index (χ0) is 36.0. The Morgan fingerprint density at radius 3 is 2.37 bits per heavy atom. The number of carbonyl (C=O) groups excluding carboxylic acids is 1. The highest BCUT2D eigenvalue weighted by molar-refractivity contribution is 6.35. The molecule has 1 fully saturated rings. The lowest BCUT2D eigenvalue weighted by molar-refractivity contribution is 0.0696. The smallest absolute Gasteiger partial charge is 0.335 e. The van der Waals surface area contributed by atoms with Crippen LogP contribution in [0.3, 0.4) is 0 Å². The molecule has 266 valence electrons. The van der Waals surface area contributed by atoms with Crippen molar-refractivity contribution in [2.75, 3.05) is 31.1 Å². The number of carboxylic acids is 1. The predicted octanol–water partition coefficient (Wildman–Crippen LogP) is 8.93. The SMILES string of the molecule is Cc1cc(OCCCc2c3n(c4c(-c5c(C)n[nH]c5C)c(Cl)ccc24)CCCN(c2cc(CN4CCCC4)cc(C(=O)O)c2)C3=O)cc(C)c1Cl. The maximum atomic E-state index is 15.0. The van der Waals surface area contributed by atoms with E-state index in [4.69, 9.17) is 27.9 Å². The number of amides is 1. The summed E-state index contributed by atoms with van der Waals surface area (Å²) in [4.78, 5) is 31.4. The van der Waals surface area contributed by atoms with Crippen molar-refractivity contribution >= 4 is 51.7 Å². The molecule has 0 bridgehead atoms. The summed E-state index contributed by atoms with van der Waals surface area (Å²) in [7, 11) is 0. The summed E-state index contributed by atoms with van der Waals surface area (Å²) in [5, 5.41) is 20.0. The van der Waals surface area contributed by atoms with Gasteiger partial charge in [0.25, 0.3) is 5.91 Å². The number of nitrogens with one attached hydrogen (secondary N) is 1. The van der Waals surface area contributed by atoms with Crippen molar-refractivity contribution in [3.8, 4) is 16.9 Å². The standard InChI is InChI=1S/C40H43Cl2N5O4/c1-23-17-30(18-24(2)36(23)42)51-16-7-9-31-32-10-11-33(41)35(34-25(3)43-44-26(34)4)37(32)47-15-8-14-46(39(48)38(31)47)29-20-27(19-28(21-29)40(49)50)22-45-12-5-6-13-45/h10-11,17-21H,5-9,12-16,22H2,1-4H3,(H,43,44)(H,49,50). The highest BCUT2D eigenvalue weighted by Gasteiger charge is 2.33. The molecule has 1 amide bonds. The van der Waals surface area contributed by atoms with Gasteiger partial charge in [0.15, 0.2) is 0 Å². The summed E-state index contributed by atoms with van der Waals surface area (Å²) in [6.45, 7) is 12.0. The largest absolute Gasteiger partial charge is 0.494 e. The van der Waals surface area contributed by atoms with Crippen LogP contribution in [0, 0.1) is 27.7 Å². The lowest BCUT2D eigenvalue weighted by atomic mass is 9.98. The van der Waals surface area contributed by atoms with E-state index in [1.165, 1.54) is 0 Å². The minimum atomic E-state index is -1.01. The van der Waals surface area contributed by atoms with Gasteiger partial charge in [-0.2, -0.15) is 5.10 Å². The van der Waals surface area contributed by atoms with E-state index in [1.807, 2.05) is 58.0 Å². The Labute approximate surface area is 308 Å². The van der Waals surface area contributed by atoms with Crippen molar-refractivity contribution in [2.45, 2.75) is 72.9 Å². The van der Waals surface area contributed by atoms with Crippen molar-refractivity contribution in [3.05, 3.63) is 97.4 Å². The molecule has 9 nitrogen and oxygen atoms in total. The highest BCUT2D eigenvalue weighted by Crippen LogP contribution is 2.43. The molecule has 3 aromatic carbocycles.